The number of likely N-dealkylation sites (tertiary alicyclic amines) is 1. The van der Waals surface area contributed by atoms with Crippen molar-refractivity contribution in [3.63, 3.8) is 0 Å². The molecule has 0 radical (unpaired) electrons. The monoisotopic (exact) mass is 287 g/mol. The molecule has 3 heteroatoms. The van der Waals surface area contributed by atoms with Gasteiger partial charge in [0.15, 0.2) is 5.78 Å². The predicted molar refractivity (Wildman–Crippen MR) is 83.9 cm³/mol. The lowest BCUT2D eigenvalue weighted by atomic mass is 9.91. The van der Waals surface area contributed by atoms with Gasteiger partial charge in [0.05, 0.1) is 18.7 Å². The van der Waals surface area contributed by atoms with Gasteiger partial charge >= 0.3 is 0 Å². The Kier molecular flexibility index (Phi) is 4.59. The maximum absolute atomic E-state index is 12.7. The zero-order valence-corrected chi connectivity index (χ0v) is 12.9. The molecule has 0 N–H and O–H groups in total. The molecule has 2 fully saturated rings. The molecule has 1 aliphatic carbocycles. The van der Waals surface area contributed by atoms with Gasteiger partial charge in [-0.25, -0.2) is 0 Å². The standard InChI is InChI=1S/C18H25NO2/c1-2-21-18-11-4-3-9-15(18)17(20)13-19-12-6-8-14-7-5-10-16(14)19/h3-4,9,11,14,16H,2,5-8,10,12-13H2,1H3. The largest absolute Gasteiger partial charge is 0.493 e. The molecule has 2 aliphatic rings. The molecule has 0 amide bonds. The SMILES string of the molecule is CCOc1ccccc1C(=O)CN1CCCC2CCCC21. The van der Waals surface area contributed by atoms with Gasteiger partial charge in [-0.2, -0.15) is 0 Å². The highest BCUT2D eigenvalue weighted by Gasteiger charge is 2.35. The van der Waals surface area contributed by atoms with Gasteiger partial charge in [-0.3, -0.25) is 9.69 Å². The van der Waals surface area contributed by atoms with E-state index in [0.29, 0.717) is 19.2 Å². The van der Waals surface area contributed by atoms with E-state index in [1.165, 1.54) is 32.1 Å². The van der Waals surface area contributed by atoms with Gasteiger partial charge in [-0.1, -0.05) is 18.6 Å². The van der Waals surface area contributed by atoms with Gasteiger partial charge in [-0.15, -0.1) is 0 Å². The number of ketones is 1. The van der Waals surface area contributed by atoms with E-state index in [1.54, 1.807) is 0 Å². The minimum Gasteiger partial charge on any atom is -0.493 e. The fourth-order valence-electron chi connectivity index (χ4n) is 4.00. The highest BCUT2D eigenvalue weighted by atomic mass is 16.5. The summed E-state index contributed by atoms with van der Waals surface area (Å²) in [5.41, 5.74) is 0.736. The summed E-state index contributed by atoms with van der Waals surface area (Å²) in [7, 11) is 0. The van der Waals surface area contributed by atoms with E-state index in [1.807, 2.05) is 31.2 Å². The molecule has 3 nitrogen and oxygen atoms in total. The topological polar surface area (TPSA) is 29.5 Å². The molecule has 1 aliphatic heterocycles. The highest BCUT2D eigenvalue weighted by Crippen LogP contribution is 2.36. The van der Waals surface area contributed by atoms with Crippen molar-refractivity contribution in [2.75, 3.05) is 19.7 Å². The van der Waals surface area contributed by atoms with Crippen molar-refractivity contribution in [2.45, 2.75) is 45.1 Å². The molecule has 114 valence electrons. The maximum Gasteiger partial charge on any atom is 0.180 e. The Morgan fingerprint density at radius 2 is 2.05 bits per heavy atom. The van der Waals surface area contributed by atoms with Crippen molar-refractivity contribution in [2.24, 2.45) is 5.92 Å². The number of carbonyl (C=O) groups is 1. The van der Waals surface area contributed by atoms with E-state index in [9.17, 15) is 4.79 Å². The quantitative estimate of drug-likeness (QED) is 0.776. The molecule has 1 saturated carbocycles. The normalized spacial score (nSPS) is 25.6. The summed E-state index contributed by atoms with van der Waals surface area (Å²) in [6.45, 7) is 4.17. The number of para-hydroxylation sites is 1. The summed E-state index contributed by atoms with van der Waals surface area (Å²) >= 11 is 0. The minimum atomic E-state index is 0.201. The van der Waals surface area contributed by atoms with Crippen LogP contribution in [-0.4, -0.2) is 36.4 Å². The van der Waals surface area contributed by atoms with Gasteiger partial charge in [0.25, 0.3) is 0 Å². The maximum atomic E-state index is 12.7. The third-order valence-electron chi connectivity index (χ3n) is 4.94. The summed E-state index contributed by atoms with van der Waals surface area (Å²) in [5.74, 6) is 1.75. The van der Waals surface area contributed by atoms with Gasteiger partial charge in [-0.05, 0) is 57.2 Å². The molecule has 0 bridgehead atoms. The Hall–Kier alpha value is -1.35. The van der Waals surface area contributed by atoms with Crippen molar-refractivity contribution in [1.82, 2.24) is 4.90 Å². The molecule has 1 aromatic carbocycles. The number of benzene rings is 1. The molecule has 1 saturated heterocycles. The van der Waals surface area contributed by atoms with Crippen LogP contribution in [0.4, 0.5) is 0 Å². The number of hydrogen-bond acceptors (Lipinski definition) is 3. The van der Waals surface area contributed by atoms with Crippen LogP contribution in [0.5, 0.6) is 5.75 Å². The number of ether oxygens (including phenoxy) is 1. The highest BCUT2D eigenvalue weighted by molar-refractivity contribution is 6.00. The van der Waals surface area contributed by atoms with E-state index >= 15 is 0 Å². The second kappa shape index (κ2) is 6.61. The Morgan fingerprint density at radius 1 is 1.24 bits per heavy atom. The Morgan fingerprint density at radius 3 is 2.90 bits per heavy atom. The van der Waals surface area contributed by atoms with Crippen LogP contribution in [0.3, 0.4) is 0 Å². The average Bonchev–Trinajstić information content (AvgIpc) is 2.98. The van der Waals surface area contributed by atoms with Crippen LogP contribution >= 0.6 is 0 Å². The second-order valence-corrected chi connectivity index (χ2v) is 6.22. The van der Waals surface area contributed by atoms with Crippen molar-refractivity contribution in [3.8, 4) is 5.75 Å². The molecule has 21 heavy (non-hydrogen) atoms. The molecule has 2 atom stereocenters. The predicted octanol–water partition coefficient (Wildman–Crippen LogP) is 3.53. The first kappa shape index (κ1) is 14.6. The molecule has 0 aromatic heterocycles. The summed E-state index contributed by atoms with van der Waals surface area (Å²) in [4.78, 5) is 15.1. The van der Waals surface area contributed by atoms with Crippen molar-refractivity contribution in [3.05, 3.63) is 29.8 Å². The average molecular weight is 287 g/mol. The van der Waals surface area contributed by atoms with Crippen LogP contribution in [0.15, 0.2) is 24.3 Å². The minimum absolute atomic E-state index is 0.201. The smallest absolute Gasteiger partial charge is 0.180 e. The number of nitrogens with zero attached hydrogens (tertiary/aromatic N) is 1. The van der Waals surface area contributed by atoms with Crippen molar-refractivity contribution in [1.29, 1.82) is 0 Å². The van der Waals surface area contributed by atoms with Crippen LogP contribution in [-0.2, 0) is 0 Å². The zero-order valence-electron chi connectivity index (χ0n) is 12.9. The summed E-state index contributed by atoms with van der Waals surface area (Å²) in [6.07, 6.45) is 6.54. The van der Waals surface area contributed by atoms with Crippen molar-refractivity contribution >= 4 is 5.78 Å². The summed E-state index contributed by atoms with van der Waals surface area (Å²) in [6, 6.07) is 8.27. The third kappa shape index (κ3) is 3.13. The molecule has 1 heterocycles. The van der Waals surface area contributed by atoms with Gasteiger partial charge in [0, 0.05) is 6.04 Å². The number of piperidine rings is 1. The van der Waals surface area contributed by atoms with E-state index in [-0.39, 0.29) is 5.78 Å². The number of hydrogen-bond donors (Lipinski definition) is 0. The number of fused-ring (bicyclic) bond motifs is 1. The van der Waals surface area contributed by atoms with E-state index in [4.69, 9.17) is 4.74 Å². The Bertz CT molecular complexity index is 500. The number of rotatable bonds is 5. The first-order chi connectivity index (χ1) is 10.3. The number of carbonyl (C=O) groups excluding carboxylic acids is 1. The first-order valence-electron chi connectivity index (χ1n) is 8.28. The molecule has 2 unspecified atom stereocenters. The van der Waals surface area contributed by atoms with Crippen LogP contribution in [0, 0.1) is 5.92 Å². The number of Topliss-reactive ketones (excluding diaryl/α,β-unsaturated/α-hetero) is 1. The Labute approximate surface area is 127 Å². The fourth-order valence-corrected chi connectivity index (χ4v) is 4.00. The lowest BCUT2D eigenvalue weighted by molar-refractivity contribution is 0.0774. The second-order valence-electron chi connectivity index (χ2n) is 6.22. The molecule has 1 aromatic rings. The van der Waals surface area contributed by atoms with Crippen LogP contribution in [0.25, 0.3) is 0 Å². The Balaban J connectivity index is 1.71. The lowest BCUT2D eigenvalue weighted by Gasteiger charge is -2.37. The van der Waals surface area contributed by atoms with E-state index in [2.05, 4.69) is 4.90 Å². The fraction of sp³-hybridized carbons (Fsp3) is 0.611. The van der Waals surface area contributed by atoms with E-state index in [0.717, 1.165) is 23.8 Å². The van der Waals surface area contributed by atoms with Crippen molar-refractivity contribution < 1.29 is 9.53 Å². The van der Waals surface area contributed by atoms with Crippen LogP contribution in [0.1, 0.15) is 49.4 Å². The first-order valence-corrected chi connectivity index (χ1v) is 8.28. The third-order valence-corrected chi connectivity index (χ3v) is 4.94. The summed E-state index contributed by atoms with van der Waals surface area (Å²) in [5, 5.41) is 0. The van der Waals surface area contributed by atoms with Crippen LogP contribution < -0.4 is 4.74 Å². The van der Waals surface area contributed by atoms with Gasteiger partial charge < -0.3 is 4.74 Å². The van der Waals surface area contributed by atoms with E-state index < -0.39 is 0 Å². The van der Waals surface area contributed by atoms with Gasteiger partial charge in [0.1, 0.15) is 5.75 Å². The lowest BCUT2D eigenvalue weighted by Crippen LogP contribution is -2.45. The summed E-state index contributed by atoms with van der Waals surface area (Å²) < 4.78 is 5.59. The van der Waals surface area contributed by atoms with Crippen LogP contribution in [0.2, 0.25) is 0 Å². The molecular formula is C18H25NO2. The molecular weight excluding hydrogens is 262 g/mol. The van der Waals surface area contributed by atoms with Gasteiger partial charge in [0.2, 0.25) is 0 Å². The molecule has 0 spiro atoms. The molecule has 3 rings (SSSR count). The zero-order chi connectivity index (χ0) is 14.7.